The molecule has 0 saturated carbocycles. The van der Waals surface area contributed by atoms with E-state index in [0.29, 0.717) is 12.8 Å². The number of carbonyl (C=O) groups excluding carboxylic acids is 1. The number of carboxylic acids is 1. The van der Waals surface area contributed by atoms with E-state index < -0.39 is 12.0 Å². The van der Waals surface area contributed by atoms with Gasteiger partial charge < -0.3 is 10.4 Å². The molecule has 0 aliphatic carbocycles. The van der Waals surface area contributed by atoms with E-state index in [-0.39, 0.29) is 11.8 Å². The second-order valence-electron chi connectivity index (χ2n) is 4.61. The van der Waals surface area contributed by atoms with Crippen molar-refractivity contribution < 1.29 is 14.7 Å². The molecule has 0 aliphatic rings. The van der Waals surface area contributed by atoms with Gasteiger partial charge in [-0.1, -0.05) is 44.2 Å². The summed E-state index contributed by atoms with van der Waals surface area (Å²) in [5.74, 6) is -1.33. The first-order valence-electron chi connectivity index (χ1n) is 6.07. The van der Waals surface area contributed by atoms with E-state index in [4.69, 9.17) is 5.11 Å². The highest BCUT2D eigenvalue weighted by molar-refractivity contribution is 5.83. The van der Waals surface area contributed by atoms with Gasteiger partial charge in [-0.05, 0) is 17.9 Å². The van der Waals surface area contributed by atoms with Gasteiger partial charge in [0.15, 0.2) is 0 Å². The lowest BCUT2D eigenvalue weighted by atomic mass is 10.0. The summed E-state index contributed by atoms with van der Waals surface area (Å²) in [7, 11) is 0. The number of rotatable bonds is 6. The van der Waals surface area contributed by atoms with Crippen LogP contribution in [-0.4, -0.2) is 23.0 Å². The monoisotopic (exact) mass is 249 g/mol. The number of aryl methyl sites for hydroxylation is 1. The molecule has 0 radical (unpaired) electrons. The molecule has 0 aromatic heterocycles. The molecule has 4 heteroatoms. The number of hydrogen-bond acceptors (Lipinski definition) is 2. The first-order valence-corrected chi connectivity index (χ1v) is 6.07. The van der Waals surface area contributed by atoms with Crippen LogP contribution in [-0.2, 0) is 16.0 Å². The van der Waals surface area contributed by atoms with Crippen LogP contribution >= 0.6 is 0 Å². The molecule has 18 heavy (non-hydrogen) atoms. The molecule has 1 atom stereocenters. The summed E-state index contributed by atoms with van der Waals surface area (Å²) in [4.78, 5) is 22.6. The van der Waals surface area contributed by atoms with Crippen molar-refractivity contribution in [1.29, 1.82) is 0 Å². The van der Waals surface area contributed by atoms with Crippen LogP contribution in [0.3, 0.4) is 0 Å². The quantitative estimate of drug-likeness (QED) is 0.808. The number of amides is 1. The molecule has 0 unspecified atom stereocenters. The van der Waals surface area contributed by atoms with E-state index in [1.165, 1.54) is 0 Å². The minimum atomic E-state index is -0.988. The first-order chi connectivity index (χ1) is 8.50. The zero-order valence-electron chi connectivity index (χ0n) is 10.7. The number of hydrogen-bond donors (Lipinski definition) is 2. The molecule has 1 aromatic carbocycles. The van der Waals surface area contributed by atoms with Crippen LogP contribution in [0.1, 0.15) is 25.8 Å². The SMILES string of the molecule is CC(C)[C@@H](NC(=O)CCc1ccccc1)C(=O)O. The third kappa shape index (κ3) is 4.57. The van der Waals surface area contributed by atoms with E-state index in [1.54, 1.807) is 13.8 Å². The van der Waals surface area contributed by atoms with E-state index in [1.807, 2.05) is 30.3 Å². The minimum Gasteiger partial charge on any atom is -0.480 e. The highest BCUT2D eigenvalue weighted by atomic mass is 16.4. The fraction of sp³-hybridized carbons (Fsp3) is 0.429. The molecule has 0 aliphatic heterocycles. The van der Waals surface area contributed by atoms with Crippen LogP contribution in [0, 0.1) is 5.92 Å². The summed E-state index contributed by atoms with van der Waals surface area (Å²) in [6, 6.07) is 8.84. The van der Waals surface area contributed by atoms with Gasteiger partial charge in [-0.3, -0.25) is 4.79 Å². The maximum absolute atomic E-state index is 11.7. The third-order valence-electron chi connectivity index (χ3n) is 2.73. The summed E-state index contributed by atoms with van der Waals surface area (Å²) in [5.41, 5.74) is 1.07. The van der Waals surface area contributed by atoms with Gasteiger partial charge in [0.2, 0.25) is 5.91 Å². The molecule has 0 heterocycles. The van der Waals surface area contributed by atoms with Gasteiger partial charge in [-0.15, -0.1) is 0 Å². The van der Waals surface area contributed by atoms with E-state index >= 15 is 0 Å². The molecule has 1 amide bonds. The van der Waals surface area contributed by atoms with Crippen molar-refractivity contribution in [2.24, 2.45) is 5.92 Å². The zero-order chi connectivity index (χ0) is 13.5. The van der Waals surface area contributed by atoms with Crippen LogP contribution in [0.25, 0.3) is 0 Å². The normalized spacial score (nSPS) is 12.2. The standard InChI is InChI=1S/C14H19NO3/c1-10(2)13(14(17)18)15-12(16)9-8-11-6-4-3-5-7-11/h3-7,10,13H,8-9H2,1-2H3,(H,15,16)(H,17,18)/t13-/m1/s1. The van der Waals surface area contributed by atoms with Gasteiger partial charge in [-0.2, -0.15) is 0 Å². The molecule has 1 aromatic rings. The topological polar surface area (TPSA) is 66.4 Å². The molecule has 0 bridgehead atoms. The molecule has 0 fully saturated rings. The van der Waals surface area contributed by atoms with E-state index in [0.717, 1.165) is 5.56 Å². The van der Waals surface area contributed by atoms with Crippen molar-refractivity contribution in [3.63, 3.8) is 0 Å². The summed E-state index contributed by atoms with van der Waals surface area (Å²) >= 11 is 0. The largest absolute Gasteiger partial charge is 0.480 e. The van der Waals surface area contributed by atoms with Gasteiger partial charge in [0.25, 0.3) is 0 Å². The lowest BCUT2D eigenvalue weighted by Gasteiger charge is -2.17. The molecule has 0 saturated heterocycles. The summed E-state index contributed by atoms with van der Waals surface area (Å²) < 4.78 is 0. The zero-order valence-corrected chi connectivity index (χ0v) is 10.7. The number of carboxylic acid groups (broad SMARTS) is 1. The summed E-state index contributed by atoms with van der Waals surface area (Å²) in [6.45, 7) is 3.55. The smallest absolute Gasteiger partial charge is 0.326 e. The number of nitrogens with one attached hydrogen (secondary N) is 1. The lowest BCUT2D eigenvalue weighted by molar-refractivity contribution is -0.143. The average Bonchev–Trinajstić information content (AvgIpc) is 2.34. The van der Waals surface area contributed by atoms with Gasteiger partial charge >= 0.3 is 5.97 Å². The second kappa shape index (κ2) is 6.79. The van der Waals surface area contributed by atoms with Crippen LogP contribution in [0.15, 0.2) is 30.3 Å². The Labute approximate surface area is 107 Å². The number of benzene rings is 1. The minimum absolute atomic E-state index is 0.122. The van der Waals surface area contributed by atoms with E-state index in [2.05, 4.69) is 5.32 Å². The van der Waals surface area contributed by atoms with Gasteiger partial charge in [0, 0.05) is 6.42 Å². The van der Waals surface area contributed by atoms with Crippen molar-refractivity contribution in [2.45, 2.75) is 32.7 Å². The van der Waals surface area contributed by atoms with Crippen LogP contribution in [0.5, 0.6) is 0 Å². The van der Waals surface area contributed by atoms with Gasteiger partial charge in [0.1, 0.15) is 6.04 Å². The first kappa shape index (κ1) is 14.2. The molecule has 0 spiro atoms. The maximum Gasteiger partial charge on any atom is 0.326 e. The molecule has 4 nitrogen and oxygen atoms in total. The Morgan fingerprint density at radius 3 is 2.33 bits per heavy atom. The molecule has 2 N–H and O–H groups in total. The molecular weight excluding hydrogens is 230 g/mol. The Balaban J connectivity index is 2.44. The number of carbonyl (C=O) groups is 2. The fourth-order valence-corrected chi connectivity index (χ4v) is 1.66. The summed E-state index contributed by atoms with van der Waals surface area (Å²) in [6.07, 6.45) is 0.928. The van der Waals surface area contributed by atoms with E-state index in [9.17, 15) is 9.59 Å². The maximum atomic E-state index is 11.7. The Morgan fingerprint density at radius 1 is 1.22 bits per heavy atom. The Hall–Kier alpha value is -1.84. The predicted molar refractivity (Wildman–Crippen MR) is 69.2 cm³/mol. The Kier molecular flexibility index (Phi) is 5.36. The van der Waals surface area contributed by atoms with Gasteiger partial charge in [0.05, 0.1) is 0 Å². The Bertz CT molecular complexity index is 401. The van der Waals surface area contributed by atoms with Crippen molar-refractivity contribution >= 4 is 11.9 Å². The lowest BCUT2D eigenvalue weighted by Crippen LogP contribution is -2.44. The summed E-state index contributed by atoms with van der Waals surface area (Å²) in [5, 5.41) is 11.5. The van der Waals surface area contributed by atoms with Crippen molar-refractivity contribution in [2.75, 3.05) is 0 Å². The molecule has 98 valence electrons. The predicted octanol–water partition coefficient (Wildman–Crippen LogP) is 1.84. The van der Waals surface area contributed by atoms with Crippen molar-refractivity contribution in [1.82, 2.24) is 5.32 Å². The van der Waals surface area contributed by atoms with Crippen LogP contribution < -0.4 is 5.32 Å². The molecule has 1 rings (SSSR count). The number of aliphatic carboxylic acids is 1. The van der Waals surface area contributed by atoms with Crippen LogP contribution in [0.4, 0.5) is 0 Å². The van der Waals surface area contributed by atoms with Gasteiger partial charge in [-0.25, -0.2) is 4.79 Å². The second-order valence-corrected chi connectivity index (χ2v) is 4.61. The third-order valence-corrected chi connectivity index (χ3v) is 2.73. The van der Waals surface area contributed by atoms with Crippen molar-refractivity contribution in [3.8, 4) is 0 Å². The van der Waals surface area contributed by atoms with Crippen LogP contribution in [0.2, 0.25) is 0 Å². The molecular formula is C14H19NO3. The van der Waals surface area contributed by atoms with Crippen molar-refractivity contribution in [3.05, 3.63) is 35.9 Å². The Morgan fingerprint density at radius 2 is 1.83 bits per heavy atom. The highest BCUT2D eigenvalue weighted by Crippen LogP contribution is 2.05. The highest BCUT2D eigenvalue weighted by Gasteiger charge is 2.22. The fourth-order valence-electron chi connectivity index (χ4n) is 1.66. The average molecular weight is 249 g/mol.